The van der Waals surface area contributed by atoms with Gasteiger partial charge in [-0.15, -0.1) is 0 Å². The van der Waals surface area contributed by atoms with Gasteiger partial charge in [0, 0.05) is 30.7 Å². The minimum Gasteiger partial charge on any atom is -0.497 e. The number of amides is 2. The molecule has 58 heavy (non-hydrogen) atoms. The molecule has 1 N–H and O–H groups in total. The molecule has 2 saturated carbocycles. The summed E-state index contributed by atoms with van der Waals surface area (Å²) in [6.45, 7) is 10.1. The third kappa shape index (κ3) is 10.1. The molecule has 0 unspecified atom stereocenters. The molecule has 2 aliphatic carbocycles. The molecule has 2 aromatic rings. The standard InChI is InChI=1S/C43H59N3O11S/c1-26-10-8-9-11-28-22-43(28,41(50)45-58(51,52)31-13-14-31)23-36(47)35-20-30(25-46(35)40(49)33(27(2)18-26)21-38(48)57-42(3,4)5)56-39-32-15-12-29(54-7)19-34(32)37(24-44-39)55-17-16-53-6/h9,11-12,15,19,24,26-28,30-31,33,35H,8,10,13-14,16-18,20-23,25H2,1-7H3,(H,45,50)/b11-9-/t26-,27+,28+,30+,33-,35-,43+/m0/s1. The van der Waals surface area contributed by atoms with Crippen molar-refractivity contribution >= 4 is 44.4 Å². The monoisotopic (exact) mass is 825 g/mol. The van der Waals surface area contributed by atoms with Gasteiger partial charge < -0.3 is 28.6 Å². The molecule has 0 bridgehead atoms. The van der Waals surface area contributed by atoms with E-state index in [2.05, 4.69) is 16.6 Å². The molecule has 14 nitrogen and oxygen atoms in total. The summed E-state index contributed by atoms with van der Waals surface area (Å²) in [6, 6.07) is 4.39. The number of carbonyl (C=O) groups is 4. The van der Waals surface area contributed by atoms with E-state index in [4.69, 9.17) is 23.7 Å². The summed E-state index contributed by atoms with van der Waals surface area (Å²) in [4.78, 5) is 63.0. The van der Waals surface area contributed by atoms with Crippen LogP contribution in [-0.2, 0) is 38.7 Å². The van der Waals surface area contributed by atoms with E-state index in [1.807, 2.05) is 31.2 Å². The van der Waals surface area contributed by atoms with Gasteiger partial charge in [0.2, 0.25) is 27.7 Å². The van der Waals surface area contributed by atoms with Crippen LogP contribution in [0, 0.1) is 29.1 Å². The number of pyridine rings is 1. The number of Topliss-reactive ketones (excluding diaryl/α,β-unsaturated/α-hetero) is 1. The van der Waals surface area contributed by atoms with Crippen LogP contribution < -0.4 is 18.9 Å². The molecule has 7 atom stereocenters. The first-order chi connectivity index (χ1) is 27.4. The molecule has 1 saturated heterocycles. The summed E-state index contributed by atoms with van der Waals surface area (Å²) in [5.74, 6) is -1.73. The van der Waals surface area contributed by atoms with Crippen LogP contribution in [0.15, 0.2) is 36.5 Å². The largest absolute Gasteiger partial charge is 0.497 e. The number of rotatable bonds is 12. The Balaban J connectivity index is 1.35. The third-order valence-corrected chi connectivity index (χ3v) is 13.6. The number of nitrogens with one attached hydrogen (secondary N) is 1. The Morgan fingerprint density at radius 1 is 1.03 bits per heavy atom. The van der Waals surface area contributed by atoms with Crippen LogP contribution in [0.5, 0.6) is 17.4 Å². The van der Waals surface area contributed by atoms with Crippen molar-refractivity contribution in [2.24, 2.45) is 29.1 Å². The second-order valence-corrected chi connectivity index (χ2v) is 19.6. The van der Waals surface area contributed by atoms with Crippen molar-refractivity contribution in [3.8, 4) is 17.4 Å². The van der Waals surface area contributed by atoms with Crippen LogP contribution in [0.3, 0.4) is 0 Å². The van der Waals surface area contributed by atoms with Gasteiger partial charge in [0.15, 0.2) is 5.78 Å². The summed E-state index contributed by atoms with van der Waals surface area (Å²) in [5, 5.41) is 0.702. The number of carbonyl (C=O) groups excluding carboxylic acids is 4. The van der Waals surface area contributed by atoms with Gasteiger partial charge in [-0.1, -0.05) is 26.0 Å². The summed E-state index contributed by atoms with van der Waals surface area (Å²) in [7, 11) is -0.722. The normalized spacial score (nSPS) is 28.7. The highest BCUT2D eigenvalue weighted by molar-refractivity contribution is 7.90. The number of nitrogens with zero attached hydrogens (tertiary/aromatic N) is 2. The number of fused-ring (bicyclic) bond motifs is 3. The maximum absolute atomic E-state index is 14.9. The third-order valence-electron chi connectivity index (χ3n) is 11.8. The van der Waals surface area contributed by atoms with E-state index in [9.17, 15) is 27.6 Å². The average Bonchev–Trinajstić information content (AvgIpc) is 4.08. The first kappa shape index (κ1) is 43.3. The van der Waals surface area contributed by atoms with Crippen LogP contribution >= 0.6 is 0 Å². The van der Waals surface area contributed by atoms with Crippen LogP contribution in [-0.4, -0.2) is 98.8 Å². The number of allylic oxidation sites excluding steroid dienone is 2. The second kappa shape index (κ2) is 17.5. The van der Waals surface area contributed by atoms with Crippen LogP contribution in [0.1, 0.15) is 92.4 Å². The summed E-state index contributed by atoms with van der Waals surface area (Å²) < 4.78 is 57.1. The number of aromatic nitrogens is 1. The Kier molecular flexibility index (Phi) is 13.1. The number of sulfonamides is 1. The van der Waals surface area contributed by atoms with E-state index < -0.39 is 56.2 Å². The first-order valence-corrected chi connectivity index (χ1v) is 22.0. The quantitative estimate of drug-likeness (QED) is 0.161. The molecule has 318 valence electrons. The summed E-state index contributed by atoms with van der Waals surface area (Å²) in [5.41, 5.74) is -2.03. The average molecular weight is 826 g/mol. The van der Waals surface area contributed by atoms with E-state index in [0.717, 1.165) is 6.42 Å². The van der Waals surface area contributed by atoms with Gasteiger partial charge in [-0.25, -0.2) is 13.4 Å². The van der Waals surface area contributed by atoms with Gasteiger partial charge in [0.25, 0.3) is 0 Å². The Morgan fingerprint density at radius 3 is 2.48 bits per heavy atom. The number of ether oxygens (including phenoxy) is 5. The van der Waals surface area contributed by atoms with Crippen molar-refractivity contribution in [2.75, 3.05) is 34.0 Å². The van der Waals surface area contributed by atoms with E-state index >= 15 is 0 Å². The van der Waals surface area contributed by atoms with E-state index in [1.54, 1.807) is 47.3 Å². The minimum atomic E-state index is -3.87. The van der Waals surface area contributed by atoms with Gasteiger partial charge in [-0.05, 0) is 95.2 Å². The molecular weight excluding hydrogens is 767 g/mol. The molecule has 6 rings (SSSR count). The lowest BCUT2D eigenvalue weighted by atomic mass is 9.82. The van der Waals surface area contributed by atoms with Gasteiger partial charge in [0.05, 0.1) is 55.5 Å². The first-order valence-electron chi connectivity index (χ1n) is 20.5. The van der Waals surface area contributed by atoms with Crippen LogP contribution in [0.4, 0.5) is 0 Å². The molecule has 3 fully saturated rings. The SMILES string of the molecule is COCCOc1cnc(O[C@@H]2C[C@H]3C(=O)C[C@]4(C(=O)NS(=O)(=O)C5CC5)C[C@H]4/C=C\CC[C@H](C)C[C@@H](C)[C@H](CC(=O)OC(C)(C)C)C(=O)N3C2)c2ccc(OC)cc12. The molecule has 1 aromatic carbocycles. The maximum atomic E-state index is 14.9. The molecule has 2 aliphatic heterocycles. The van der Waals surface area contributed by atoms with Crippen molar-refractivity contribution in [1.29, 1.82) is 0 Å². The molecule has 3 heterocycles. The number of ketones is 1. The smallest absolute Gasteiger partial charge is 0.307 e. The fourth-order valence-corrected chi connectivity index (χ4v) is 9.83. The van der Waals surface area contributed by atoms with Gasteiger partial charge in [-0.2, -0.15) is 0 Å². The molecule has 15 heteroatoms. The number of hydrogen-bond donors (Lipinski definition) is 1. The fraction of sp³-hybridized carbons (Fsp3) is 0.651. The second-order valence-electron chi connectivity index (χ2n) is 17.7. The molecule has 2 amide bonds. The zero-order valence-electron chi connectivity index (χ0n) is 34.8. The number of esters is 1. The Labute approximate surface area is 341 Å². The van der Waals surface area contributed by atoms with Crippen molar-refractivity contribution < 1.29 is 51.3 Å². The summed E-state index contributed by atoms with van der Waals surface area (Å²) in [6.07, 6.45) is 7.94. The Morgan fingerprint density at radius 2 is 1.79 bits per heavy atom. The van der Waals surface area contributed by atoms with Gasteiger partial charge in [0.1, 0.15) is 29.8 Å². The molecule has 0 spiro atoms. The predicted molar refractivity (Wildman–Crippen MR) is 216 cm³/mol. The topological polar surface area (TPSA) is 177 Å². The van der Waals surface area contributed by atoms with Crippen molar-refractivity contribution in [3.05, 3.63) is 36.5 Å². The Hall–Kier alpha value is -4.24. The number of benzene rings is 1. The highest BCUT2D eigenvalue weighted by atomic mass is 32.2. The lowest BCUT2D eigenvalue weighted by Gasteiger charge is -2.32. The van der Waals surface area contributed by atoms with E-state index in [1.165, 1.54) is 4.90 Å². The summed E-state index contributed by atoms with van der Waals surface area (Å²) >= 11 is 0. The fourth-order valence-electron chi connectivity index (χ4n) is 8.45. The highest BCUT2D eigenvalue weighted by Crippen LogP contribution is 2.57. The highest BCUT2D eigenvalue weighted by Gasteiger charge is 2.61. The van der Waals surface area contributed by atoms with Crippen molar-refractivity contribution in [3.63, 3.8) is 0 Å². The zero-order chi connectivity index (χ0) is 42.0. The number of methoxy groups -OCH3 is 2. The Bertz CT molecular complexity index is 2010. The maximum Gasteiger partial charge on any atom is 0.307 e. The lowest BCUT2D eigenvalue weighted by Crippen LogP contribution is -2.47. The number of hydrogen-bond acceptors (Lipinski definition) is 12. The molecule has 1 aromatic heterocycles. The molecular formula is C43H59N3O11S. The minimum absolute atomic E-state index is 0.0202. The predicted octanol–water partition coefficient (Wildman–Crippen LogP) is 5.55. The zero-order valence-corrected chi connectivity index (χ0v) is 35.6. The van der Waals surface area contributed by atoms with Gasteiger partial charge in [-0.3, -0.25) is 23.9 Å². The molecule has 0 radical (unpaired) electrons. The van der Waals surface area contributed by atoms with Crippen molar-refractivity contribution in [1.82, 2.24) is 14.6 Å². The van der Waals surface area contributed by atoms with E-state index in [0.29, 0.717) is 67.6 Å². The van der Waals surface area contributed by atoms with Crippen LogP contribution in [0.25, 0.3) is 10.8 Å². The lowest BCUT2D eigenvalue weighted by molar-refractivity contribution is -0.160. The van der Waals surface area contributed by atoms with E-state index in [-0.39, 0.29) is 61.1 Å². The van der Waals surface area contributed by atoms with Gasteiger partial charge >= 0.3 is 5.97 Å². The molecule has 4 aliphatic rings. The van der Waals surface area contributed by atoms with Crippen LogP contribution in [0.2, 0.25) is 0 Å². The van der Waals surface area contributed by atoms with Crippen molar-refractivity contribution in [2.45, 2.75) is 115 Å².